The molecule has 1 fully saturated rings. The molecule has 128 valence electrons. The van der Waals surface area contributed by atoms with Crippen LogP contribution in [0.3, 0.4) is 0 Å². The van der Waals surface area contributed by atoms with Crippen molar-refractivity contribution >= 4 is 17.5 Å². The zero-order valence-electron chi connectivity index (χ0n) is 13.5. The van der Waals surface area contributed by atoms with Gasteiger partial charge in [-0.2, -0.15) is 15.0 Å². The summed E-state index contributed by atoms with van der Waals surface area (Å²) in [5.74, 6) is -0.319. The number of ether oxygens (including phenoxy) is 1. The van der Waals surface area contributed by atoms with Crippen LogP contribution >= 0.6 is 11.6 Å². The lowest BCUT2D eigenvalue weighted by Gasteiger charge is -2.27. The van der Waals surface area contributed by atoms with Crippen molar-refractivity contribution in [3.8, 4) is 11.8 Å². The maximum absolute atomic E-state index is 12.8. The van der Waals surface area contributed by atoms with Gasteiger partial charge in [0.25, 0.3) is 11.5 Å². The third-order valence-corrected chi connectivity index (χ3v) is 4.27. The maximum atomic E-state index is 12.8. The molecule has 25 heavy (non-hydrogen) atoms. The molecule has 0 aliphatic carbocycles. The molecule has 0 bridgehead atoms. The van der Waals surface area contributed by atoms with Crippen LogP contribution in [-0.2, 0) is 4.74 Å². The van der Waals surface area contributed by atoms with E-state index in [0.717, 1.165) is 4.68 Å². The number of hydrogen-bond donors (Lipinski definition) is 0. The standard InChI is InChI=1S/C17H15ClN4O3/c1-11-14(10-19)16(23)22(13-4-2-12(18)3-5-13)20-15(11)17(24)21-6-8-25-9-7-21/h2-5H,6-9H2,1H3. The zero-order valence-corrected chi connectivity index (χ0v) is 14.3. The Hall–Kier alpha value is -2.69. The summed E-state index contributed by atoms with van der Waals surface area (Å²) in [5, 5.41) is 14.1. The molecular formula is C17H15ClN4O3. The molecule has 0 radical (unpaired) electrons. The van der Waals surface area contributed by atoms with Gasteiger partial charge in [-0.05, 0) is 31.2 Å². The summed E-state index contributed by atoms with van der Waals surface area (Å²) >= 11 is 5.87. The van der Waals surface area contributed by atoms with Gasteiger partial charge in [0.15, 0.2) is 5.69 Å². The lowest BCUT2D eigenvalue weighted by Crippen LogP contribution is -2.42. The Bertz CT molecular complexity index is 909. The van der Waals surface area contributed by atoms with Crippen molar-refractivity contribution in [2.24, 2.45) is 0 Å². The second-order valence-corrected chi connectivity index (χ2v) is 5.99. The zero-order chi connectivity index (χ0) is 18.0. The first kappa shape index (κ1) is 17.1. The number of aromatic nitrogens is 2. The average Bonchev–Trinajstić information content (AvgIpc) is 2.63. The summed E-state index contributed by atoms with van der Waals surface area (Å²) in [6, 6.07) is 8.33. The van der Waals surface area contributed by atoms with Gasteiger partial charge in [0.05, 0.1) is 18.9 Å². The monoisotopic (exact) mass is 358 g/mol. The van der Waals surface area contributed by atoms with E-state index in [2.05, 4.69) is 5.10 Å². The van der Waals surface area contributed by atoms with Crippen molar-refractivity contribution in [2.75, 3.05) is 26.3 Å². The minimum absolute atomic E-state index is 0.0907. The van der Waals surface area contributed by atoms with E-state index in [1.54, 1.807) is 36.1 Å². The van der Waals surface area contributed by atoms with Gasteiger partial charge in [0, 0.05) is 23.7 Å². The molecule has 1 aromatic heterocycles. The van der Waals surface area contributed by atoms with Crippen LogP contribution < -0.4 is 5.56 Å². The quantitative estimate of drug-likeness (QED) is 0.812. The molecule has 7 nitrogen and oxygen atoms in total. The van der Waals surface area contributed by atoms with E-state index in [-0.39, 0.29) is 22.7 Å². The van der Waals surface area contributed by atoms with E-state index in [4.69, 9.17) is 16.3 Å². The highest BCUT2D eigenvalue weighted by Crippen LogP contribution is 2.15. The van der Waals surface area contributed by atoms with Crippen molar-refractivity contribution in [3.05, 3.63) is 56.5 Å². The highest BCUT2D eigenvalue weighted by atomic mass is 35.5. The van der Waals surface area contributed by atoms with E-state index in [1.165, 1.54) is 0 Å². The average molecular weight is 359 g/mol. The van der Waals surface area contributed by atoms with E-state index >= 15 is 0 Å². The first-order chi connectivity index (χ1) is 12.0. The molecule has 8 heteroatoms. The molecule has 1 saturated heterocycles. The number of carbonyl (C=O) groups is 1. The highest BCUT2D eigenvalue weighted by molar-refractivity contribution is 6.30. The number of morpholine rings is 1. The Labute approximate surface area is 149 Å². The van der Waals surface area contributed by atoms with Crippen molar-refractivity contribution in [1.82, 2.24) is 14.7 Å². The van der Waals surface area contributed by atoms with Crippen LogP contribution in [-0.4, -0.2) is 46.9 Å². The first-order valence-electron chi connectivity index (χ1n) is 7.70. The summed E-state index contributed by atoms with van der Waals surface area (Å²) < 4.78 is 6.31. The van der Waals surface area contributed by atoms with Crippen LogP contribution in [0.2, 0.25) is 5.02 Å². The first-order valence-corrected chi connectivity index (χ1v) is 8.07. The van der Waals surface area contributed by atoms with Crippen molar-refractivity contribution < 1.29 is 9.53 Å². The van der Waals surface area contributed by atoms with Gasteiger partial charge in [-0.15, -0.1) is 0 Å². The van der Waals surface area contributed by atoms with Gasteiger partial charge in [-0.1, -0.05) is 11.6 Å². The van der Waals surface area contributed by atoms with E-state index < -0.39 is 5.56 Å². The van der Waals surface area contributed by atoms with Crippen molar-refractivity contribution in [2.45, 2.75) is 6.92 Å². The number of nitriles is 1. The Kier molecular flexibility index (Phi) is 4.83. The fourth-order valence-electron chi connectivity index (χ4n) is 2.61. The van der Waals surface area contributed by atoms with Crippen LogP contribution in [0.4, 0.5) is 0 Å². The Morgan fingerprint density at radius 2 is 1.92 bits per heavy atom. The number of benzene rings is 1. The molecule has 0 saturated carbocycles. The maximum Gasteiger partial charge on any atom is 0.289 e. The number of halogens is 1. The number of hydrogen-bond acceptors (Lipinski definition) is 5. The number of amides is 1. The fraction of sp³-hybridized carbons (Fsp3) is 0.294. The lowest BCUT2D eigenvalue weighted by molar-refractivity contribution is 0.0297. The van der Waals surface area contributed by atoms with Crippen LogP contribution in [0, 0.1) is 18.3 Å². The van der Waals surface area contributed by atoms with Crippen LogP contribution in [0.25, 0.3) is 5.69 Å². The number of carbonyl (C=O) groups excluding carboxylic acids is 1. The van der Waals surface area contributed by atoms with Gasteiger partial charge in [0.2, 0.25) is 0 Å². The Balaban J connectivity index is 2.14. The second-order valence-electron chi connectivity index (χ2n) is 5.56. The van der Waals surface area contributed by atoms with Gasteiger partial charge in [0.1, 0.15) is 11.6 Å². The molecule has 2 aromatic rings. The van der Waals surface area contributed by atoms with Crippen molar-refractivity contribution in [3.63, 3.8) is 0 Å². The smallest absolute Gasteiger partial charge is 0.289 e. The van der Waals surface area contributed by atoms with E-state index in [1.807, 2.05) is 6.07 Å². The SMILES string of the molecule is Cc1c(C(=O)N2CCOCC2)nn(-c2ccc(Cl)cc2)c(=O)c1C#N. The van der Waals surface area contributed by atoms with Crippen LogP contribution in [0.15, 0.2) is 29.1 Å². The summed E-state index contributed by atoms with van der Waals surface area (Å²) in [6.07, 6.45) is 0. The largest absolute Gasteiger partial charge is 0.378 e. The third-order valence-electron chi connectivity index (χ3n) is 4.02. The lowest BCUT2D eigenvalue weighted by atomic mass is 10.1. The van der Waals surface area contributed by atoms with Crippen LogP contribution in [0.1, 0.15) is 21.6 Å². The summed E-state index contributed by atoms with van der Waals surface area (Å²) in [7, 11) is 0. The summed E-state index contributed by atoms with van der Waals surface area (Å²) in [4.78, 5) is 27.0. The van der Waals surface area contributed by atoms with Crippen LogP contribution in [0.5, 0.6) is 0 Å². The van der Waals surface area contributed by atoms with Gasteiger partial charge >= 0.3 is 0 Å². The molecule has 0 N–H and O–H groups in total. The van der Waals surface area contributed by atoms with Gasteiger partial charge in [-0.25, -0.2) is 0 Å². The van der Waals surface area contributed by atoms with Gasteiger partial charge in [-0.3, -0.25) is 9.59 Å². The second kappa shape index (κ2) is 7.05. The number of nitrogens with zero attached hydrogens (tertiary/aromatic N) is 4. The molecule has 2 heterocycles. The molecule has 3 rings (SSSR count). The molecule has 0 atom stereocenters. The highest BCUT2D eigenvalue weighted by Gasteiger charge is 2.25. The Morgan fingerprint density at radius 3 is 2.52 bits per heavy atom. The molecule has 0 unspecified atom stereocenters. The minimum atomic E-state index is -0.569. The minimum Gasteiger partial charge on any atom is -0.378 e. The van der Waals surface area contributed by atoms with Gasteiger partial charge < -0.3 is 9.64 Å². The molecule has 1 aliphatic heterocycles. The normalized spacial score (nSPS) is 14.2. The summed E-state index contributed by atoms with van der Waals surface area (Å²) in [5.41, 5.74) is 0.145. The number of rotatable bonds is 2. The molecular weight excluding hydrogens is 344 g/mol. The molecule has 0 spiro atoms. The predicted molar refractivity (Wildman–Crippen MR) is 91.0 cm³/mol. The Morgan fingerprint density at radius 1 is 1.28 bits per heavy atom. The fourth-order valence-corrected chi connectivity index (χ4v) is 2.74. The molecule has 1 aromatic carbocycles. The van der Waals surface area contributed by atoms with E-state index in [0.29, 0.717) is 37.0 Å². The third kappa shape index (κ3) is 3.27. The van der Waals surface area contributed by atoms with Crippen molar-refractivity contribution in [1.29, 1.82) is 5.26 Å². The summed E-state index contributed by atoms with van der Waals surface area (Å²) in [6.45, 7) is 3.36. The van der Waals surface area contributed by atoms with E-state index in [9.17, 15) is 14.9 Å². The molecule has 1 amide bonds. The predicted octanol–water partition coefficient (Wildman–Crippen LogP) is 1.54. The topological polar surface area (TPSA) is 88.2 Å². The molecule has 1 aliphatic rings.